The lowest BCUT2D eigenvalue weighted by atomic mass is 9.86. The Morgan fingerprint density at radius 2 is 1.63 bits per heavy atom. The van der Waals surface area contributed by atoms with Gasteiger partial charge in [-0.2, -0.15) is 5.10 Å². The summed E-state index contributed by atoms with van der Waals surface area (Å²) in [7, 11) is 0. The lowest BCUT2D eigenvalue weighted by molar-refractivity contribution is -0.0190. The van der Waals surface area contributed by atoms with Gasteiger partial charge in [-0.15, -0.1) is 0 Å². The minimum Gasteiger partial charge on any atom is -0.464 e. The first kappa shape index (κ1) is 19.4. The van der Waals surface area contributed by atoms with Gasteiger partial charge < -0.3 is 4.74 Å². The molecule has 2 aliphatic heterocycles. The molecule has 3 aromatic carbocycles. The van der Waals surface area contributed by atoms with Crippen molar-refractivity contribution in [3.8, 4) is 5.75 Å². The van der Waals surface area contributed by atoms with E-state index in [4.69, 9.17) is 9.84 Å². The smallest absolute Gasteiger partial charge is 0.213 e. The number of benzene rings is 3. The van der Waals surface area contributed by atoms with Gasteiger partial charge in [-0.05, 0) is 34.7 Å². The molecule has 2 heterocycles. The number of fused-ring (bicyclic) bond motifs is 3. The minimum atomic E-state index is -0.230. The fraction of sp³-hybridized carbons (Fsp3) is 0.269. The Bertz CT molecular complexity index is 1100. The average molecular weight is 461 g/mol. The summed E-state index contributed by atoms with van der Waals surface area (Å²) in [5.41, 5.74) is 6.04. The van der Waals surface area contributed by atoms with Gasteiger partial charge >= 0.3 is 0 Å². The van der Waals surface area contributed by atoms with Crippen molar-refractivity contribution in [1.82, 2.24) is 5.01 Å². The summed E-state index contributed by atoms with van der Waals surface area (Å²) in [6, 6.07) is 25.7. The monoisotopic (exact) mass is 460 g/mol. The van der Waals surface area contributed by atoms with Crippen LogP contribution in [0.15, 0.2) is 82.4 Å². The topological polar surface area (TPSA) is 24.8 Å². The molecular weight excluding hydrogens is 436 g/mol. The molecule has 2 unspecified atom stereocenters. The summed E-state index contributed by atoms with van der Waals surface area (Å²) in [6.45, 7) is 6.71. The van der Waals surface area contributed by atoms with Crippen LogP contribution in [-0.4, -0.2) is 10.7 Å². The number of halogens is 1. The van der Waals surface area contributed by atoms with Gasteiger partial charge in [0.2, 0.25) is 6.23 Å². The Morgan fingerprint density at radius 3 is 2.33 bits per heavy atom. The van der Waals surface area contributed by atoms with Gasteiger partial charge in [0.25, 0.3) is 0 Å². The van der Waals surface area contributed by atoms with E-state index in [-0.39, 0.29) is 17.7 Å². The summed E-state index contributed by atoms with van der Waals surface area (Å²) in [5, 5.41) is 7.19. The molecule has 0 amide bonds. The largest absolute Gasteiger partial charge is 0.464 e. The van der Waals surface area contributed by atoms with Crippen LogP contribution >= 0.6 is 15.9 Å². The summed E-state index contributed by atoms with van der Waals surface area (Å²) in [5.74, 6) is 0.955. The van der Waals surface area contributed by atoms with Crippen LogP contribution < -0.4 is 4.74 Å². The Morgan fingerprint density at radius 1 is 0.933 bits per heavy atom. The first-order chi connectivity index (χ1) is 14.4. The van der Waals surface area contributed by atoms with Gasteiger partial charge in [-0.25, -0.2) is 5.01 Å². The summed E-state index contributed by atoms with van der Waals surface area (Å²) >= 11 is 3.53. The number of hydrogen-bond acceptors (Lipinski definition) is 3. The molecule has 0 spiro atoms. The van der Waals surface area contributed by atoms with Crippen LogP contribution in [0.1, 0.15) is 61.7 Å². The number of ether oxygens (including phenoxy) is 1. The second-order valence-corrected chi connectivity index (χ2v) is 9.95. The van der Waals surface area contributed by atoms with Gasteiger partial charge in [0.05, 0.1) is 11.8 Å². The van der Waals surface area contributed by atoms with Crippen molar-refractivity contribution in [2.45, 2.75) is 44.9 Å². The maximum atomic E-state index is 6.47. The molecule has 0 saturated heterocycles. The number of nitrogens with zero attached hydrogens (tertiary/aromatic N) is 2. The third kappa shape index (κ3) is 3.43. The van der Waals surface area contributed by atoms with Gasteiger partial charge in [0.15, 0.2) is 0 Å². The van der Waals surface area contributed by atoms with E-state index in [2.05, 4.69) is 108 Å². The van der Waals surface area contributed by atoms with E-state index in [1.807, 2.05) is 6.07 Å². The van der Waals surface area contributed by atoms with Crippen molar-refractivity contribution in [3.05, 3.63) is 99.5 Å². The van der Waals surface area contributed by atoms with Crippen molar-refractivity contribution in [3.63, 3.8) is 0 Å². The Kier molecular flexibility index (Phi) is 4.70. The molecule has 0 aromatic heterocycles. The molecule has 0 fully saturated rings. The van der Waals surface area contributed by atoms with Crippen LogP contribution in [0.5, 0.6) is 5.75 Å². The molecule has 2 atom stereocenters. The standard InChI is InChI=1S/C26H25BrN2O/c1-26(2,3)19-12-8-18(9-13-19)25-29-23(21-6-4-5-7-24(21)30-25)16-22(28-29)17-10-14-20(27)15-11-17/h4-15,23,25H,16H2,1-3H3. The van der Waals surface area contributed by atoms with Crippen LogP contribution in [0.4, 0.5) is 0 Å². The van der Waals surface area contributed by atoms with E-state index < -0.39 is 0 Å². The first-order valence-corrected chi connectivity index (χ1v) is 11.2. The zero-order valence-electron chi connectivity index (χ0n) is 17.5. The highest BCUT2D eigenvalue weighted by Crippen LogP contribution is 2.47. The Labute approximate surface area is 186 Å². The molecule has 0 bridgehead atoms. The van der Waals surface area contributed by atoms with E-state index in [1.165, 1.54) is 11.1 Å². The predicted octanol–water partition coefficient (Wildman–Crippen LogP) is 6.99. The van der Waals surface area contributed by atoms with Gasteiger partial charge in [-0.1, -0.05) is 91.3 Å². The minimum absolute atomic E-state index is 0.127. The highest BCUT2D eigenvalue weighted by molar-refractivity contribution is 9.10. The van der Waals surface area contributed by atoms with Gasteiger partial charge in [0, 0.05) is 22.0 Å². The molecule has 3 aromatic rings. The molecule has 30 heavy (non-hydrogen) atoms. The zero-order chi connectivity index (χ0) is 20.9. The van der Waals surface area contributed by atoms with Crippen LogP contribution in [0.2, 0.25) is 0 Å². The fourth-order valence-corrected chi connectivity index (χ4v) is 4.48. The van der Waals surface area contributed by atoms with E-state index in [1.54, 1.807) is 0 Å². The van der Waals surface area contributed by atoms with Crippen LogP contribution in [0.25, 0.3) is 0 Å². The van der Waals surface area contributed by atoms with Crippen LogP contribution in [0, 0.1) is 0 Å². The number of rotatable bonds is 2. The third-order valence-electron chi connectivity index (χ3n) is 5.94. The molecule has 0 saturated carbocycles. The summed E-state index contributed by atoms with van der Waals surface area (Å²) < 4.78 is 7.55. The molecule has 3 nitrogen and oxygen atoms in total. The summed E-state index contributed by atoms with van der Waals surface area (Å²) in [4.78, 5) is 0. The molecule has 2 aliphatic rings. The number of para-hydroxylation sites is 1. The van der Waals surface area contributed by atoms with Crippen molar-refractivity contribution in [2.24, 2.45) is 5.10 Å². The van der Waals surface area contributed by atoms with E-state index >= 15 is 0 Å². The quantitative estimate of drug-likeness (QED) is 0.411. The average Bonchev–Trinajstić information content (AvgIpc) is 3.19. The molecular formula is C26H25BrN2O. The Balaban J connectivity index is 1.55. The maximum absolute atomic E-state index is 6.47. The molecule has 0 N–H and O–H groups in total. The van der Waals surface area contributed by atoms with Gasteiger partial charge in [-0.3, -0.25) is 0 Å². The third-order valence-corrected chi connectivity index (χ3v) is 6.47. The maximum Gasteiger partial charge on any atom is 0.213 e. The highest BCUT2D eigenvalue weighted by Gasteiger charge is 2.40. The van der Waals surface area contributed by atoms with E-state index in [0.717, 1.165) is 33.5 Å². The molecule has 0 aliphatic carbocycles. The lowest BCUT2D eigenvalue weighted by Gasteiger charge is -2.38. The van der Waals surface area contributed by atoms with Crippen molar-refractivity contribution in [2.75, 3.05) is 0 Å². The lowest BCUT2D eigenvalue weighted by Crippen LogP contribution is -2.33. The van der Waals surface area contributed by atoms with E-state index in [9.17, 15) is 0 Å². The fourth-order valence-electron chi connectivity index (χ4n) is 4.22. The SMILES string of the molecule is CC(C)(C)c1ccc(C2Oc3ccccc3C3CC(c4ccc(Br)cc4)=NN32)cc1. The van der Waals surface area contributed by atoms with Crippen LogP contribution in [-0.2, 0) is 5.41 Å². The second kappa shape index (κ2) is 7.28. The molecule has 152 valence electrons. The van der Waals surface area contributed by atoms with Crippen molar-refractivity contribution >= 4 is 21.6 Å². The summed E-state index contributed by atoms with van der Waals surface area (Å²) in [6.07, 6.45) is 0.644. The van der Waals surface area contributed by atoms with Crippen molar-refractivity contribution in [1.29, 1.82) is 0 Å². The highest BCUT2D eigenvalue weighted by atomic mass is 79.9. The first-order valence-electron chi connectivity index (χ1n) is 10.4. The normalized spacial score (nSPS) is 20.3. The predicted molar refractivity (Wildman–Crippen MR) is 125 cm³/mol. The Hall–Kier alpha value is -2.59. The number of hydrogen-bond donors (Lipinski definition) is 0. The zero-order valence-corrected chi connectivity index (χ0v) is 19.1. The molecule has 4 heteroatoms. The number of hydrazone groups is 1. The van der Waals surface area contributed by atoms with Crippen LogP contribution in [0.3, 0.4) is 0 Å². The molecule has 5 rings (SSSR count). The van der Waals surface area contributed by atoms with Gasteiger partial charge in [0.1, 0.15) is 5.75 Å². The van der Waals surface area contributed by atoms with Crippen molar-refractivity contribution < 1.29 is 4.74 Å². The second-order valence-electron chi connectivity index (χ2n) is 9.03. The molecule has 0 radical (unpaired) electrons. The van der Waals surface area contributed by atoms with E-state index in [0.29, 0.717) is 0 Å².